The van der Waals surface area contributed by atoms with Gasteiger partial charge in [-0.15, -0.1) is 0 Å². The van der Waals surface area contributed by atoms with E-state index in [2.05, 4.69) is 6.92 Å². The van der Waals surface area contributed by atoms with Gasteiger partial charge in [0.05, 0.1) is 0 Å². The third kappa shape index (κ3) is 2.72. The monoisotopic (exact) mass is 184 g/mol. The normalized spacial score (nSPS) is 22.4. The molecule has 0 aromatic heterocycles. The molecule has 1 atom stereocenters. The third-order valence-electron chi connectivity index (χ3n) is 2.50. The Morgan fingerprint density at radius 2 is 2.38 bits per heavy atom. The van der Waals surface area contributed by atoms with Gasteiger partial charge in [-0.05, 0) is 5.92 Å². The molecule has 0 spiro atoms. The van der Waals surface area contributed by atoms with Crippen LogP contribution in [-0.2, 0) is 9.59 Å². The van der Waals surface area contributed by atoms with Crippen LogP contribution in [0, 0.1) is 5.92 Å². The zero-order valence-corrected chi connectivity index (χ0v) is 7.95. The van der Waals surface area contributed by atoms with Crippen LogP contribution in [0.15, 0.2) is 0 Å². The average molecular weight is 184 g/mol. The molecule has 0 aliphatic carbocycles. The fourth-order valence-electron chi connectivity index (χ4n) is 1.59. The van der Waals surface area contributed by atoms with Gasteiger partial charge in [0.2, 0.25) is 11.8 Å². The molecule has 1 aliphatic rings. The van der Waals surface area contributed by atoms with Gasteiger partial charge in [0.15, 0.2) is 0 Å². The number of rotatable bonds is 4. The van der Waals surface area contributed by atoms with Crippen molar-refractivity contribution in [1.82, 2.24) is 4.90 Å². The summed E-state index contributed by atoms with van der Waals surface area (Å²) < 4.78 is 0. The molecule has 0 aromatic carbocycles. The van der Waals surface area contributed by atoms with E-state index in [0.29, 0.717) is 18.9 Å². The number of hydrogen-bond donors (Lipinski definition) is 1. The predicted molar refractivity (Wildman–Crippen MR) is 48.8 cm³/mol. The van der Waals surface area contributed by atoms with Gasteiger partial charge >= 0.3 is 0 Å². The maximum Gasteiger partial charge on any atom is 0.222 e. The Morgan fingerprint density at radius 3 is 2.85 bits per heavy atom. The second-order valence-electron chi connectivity index (χ2n) is 3.53. The van der Waals surface area contributed by atoms with Crippen LogP contribution in [0.1, 0.15) is 26.2 Å². The van der Waals surface area contributed by atoms with Gasteiger partial charge in [-0.25, -0.2) is 0 Å². The standard InChI is InChI=1S/C9H16N2O2/c1-2-7-5-9(13)11(6-7)4-3-8(10)12/h7H,2-6H2,1H3,(H2,10,12). The SMILES string of the molecule is CCC1CC(=O)N(CCC(N)=O)C1. The maximum atomic E-state index is 11.3. The molecule has 4 nitrogen and oxygen atoms in total. The minimum atomic E-state index is -0.340. The first-order valence-corrected chi connectivity index (χ1v) is 4.69. The number of carbonyl (C=O) groups is 2. The Labute approximate surface area is 78.1 Å². The fraction of sp³-hybridized carbons (Fsp3) is 0.778. The van der Waals surface area contributed by atoms with Crippen LogP contribution in [-0.4, -0.2) is 29.8 Å². The molecule has 13 heavy (non-hydrogen) atoms. The summed E-state index contributed by atoms with van der Waals surface area (Å²) in [6.45, 7) is 3.36. The molecule has 2 N–H and O–H groups in total. The van der Waals surface area contributed by atoms with Crippen molar-refractivity contribution in [2.45, 2.75) is 26.2 Å². The first-order valence-electron chi connectivity index (χ1n) is 4.69. The molecule has 0 bridgehead atoms. The molecular formula is C9H16N2O2. The van der Waals surface area contributed by atoms with Gasteiger partial charge in [0.1, 0.15) is 0 Å². The minimum absolute atomic E-state index is 0.160. The van der Waals surface area contributed by atoms with Crippen molar-refractivity contribution in [3.05, 3.63) is 0 Å². The Bertz CT molecular complexity index is 216. The molecule has 0 radical (unpaired) electrons. The molecule has 1 heterocycles. The highest BCUT2D eigenvalue weighted by atomic mass is 16.2. The summed E-state index contributed by atoms with van der Waals surface area (Å²) in [5.74, 6) is 0.293. The summed E-state index contributed by atoms with van der Waals surface area (Å²) in [5.41, 5.74) is 5.01. The summed E-state index contributed by atoms with van der Waals surface area (Å²) >= 11 is 0. The van der Waals surface area contributed by atoms with Gasteiger partial charge in [-0.1, -0.05) is 13.3 Å². The summed E-state index contributed by atoms with van der Waals surface area (Å²) in [4.78, 5) is 23.6. The van der Waals surface area contributed by atoms with Gasteiger partial charge in [-0.2, -0.15) is 0 Å². The number of nitrogens with two attached hydrogens (primary N) is 1. The van der Waals surface area contributed by atoms with Crippen LogP contribution in [0.5, 0.6) is 0 Å². The van der Waals surface area contributed by atoms with Crippen LogP contribution in [0.4, 0.5) is 0 Å². The Morgan fingerprint density at radius 1 is 1.69 bits per heavy atom. The molecule has 2 amide bonds. The third-order valence-corrected chi connectivity index (χ3v) is 2.50. The predicted octanol–water partition coefficient (Wildman–Crippen LogP) is 0.120. The molecule has 0 saturated carbocycles. The summed E-state index contributed by atoms with van der Waals surface area (Å²) in [5, 5.41) is 0. The zero-order chi connectivity index (χ0) is 9.84. The summed E-state index contributed by atoms with van der Waals surface area (Å²) in [7, 11) is 0. The van der Waals surface area contributed by atoms with E-state index in [1.54, 1.807) is 4.90 Å². The summed E-state index contributed by atoms with van der Waals surface area (Å²) in [6, 6.07) is 0. The molecule has 1 aliphatic heterocycles. The fourth-order valence-corrected chi connectivity index (χ4v) is 1.59. The van der Waals surface area contributed by atoms with Crippen molar-refractivity contribution in [2.75, 3.05) is 13.1 Å². The number of nitrogens with zero attached hydrogens (tertiary/aromatic N) is 1. The van der Waals surface area contributed by atoms with E-state index in [-0.39, 0.29) is 18.2 Å². The summed E-state index contributed by atoms with van der Waals surface area (Å²) in [6.07, 6.45) is 1.94. The van der Waals surface area contributed by atoms with E-state index in [0.717, 1.165) is 13.0 Å². The quantitative estimate of drug-likeness (QED) is 0.674. The van der Waals surface area contributed by atoms with Crippen LogP contribution < -0.4 is 5.73 Å². The van der Waals surface area contributed by atoms with E-state index in [9.17, 15) is 9.59 Å². The molecule has 4 heteroatoms. The molecular weight excluding hydrogens is 168 g/mol. The van der Waals surface area contributed by atoms with E-state index in [4.69, 9.17) is 5.73 Å². The van der Waals surface area contributed by atoms with Gasteiger partial charge in [-0.3, -0.25) is 9.59 Å². The van der Waals surface area contributed by atoms with Crippen LogP contribution in [0.25, 0.3) is 0 Å². The van der Waals surface area contributed by atoms with E-state index >= 15 is 0 Å². The Kier molecular flexibility index (Phi) is 3.28. The van der Waals surface area contributed by atoms with Crippen molar-refractivity contribution in [3.63, 3.8) is 0 Å². The molecule has 1 saturated heterocycles. The molecule has 1 rings (SSSR count). The smallest absolute Gasteiger partial charge is 0.222 e. The Hall–Kier alpha value is -1.06. The van der Waals surface area contributed by atoms with E-state index in [1.165, 1.54) is 0 Å². The highest BCUT2D eigenvalue weighted by molar-refractivity contribution is 5.80. The lowest BCUT2D eigenvalue weighted by atomic mass is 10.1. The molecule has 74 valence electrons. The van der Waals surface area contributed by atoms with Crippen molar-refractivity contribution in [2.24, 2.45) is 11.7 Å². The van der Waals surface area contributed by atoms with Gasteiger partial charge in [0, 0.05) is 25.9 Å². The van der Waals surface area contributed by atoms with Gasteiger partial charge < -0.3 is 10.6 Å². The zero-order valence-electron chi connectivity index (χ0n) is 7.95. The largest absolute Gasteiger partial charge is 0.370 e. The number of likely N-dealkylation sites (tertiary alicyclic amines) is 1. The number of hydrogen-bond acceptors (Lipinski definition) is 2. The first-order chi connectivity index (χ1) is 6.13. The molecule has 1 unspecified atom stereocenters. The highest BCUT2D eigenvalue weighted by Gasteiger charge is 2.27. The van der Waals surface area contributed by atoms with Crippen molar-refractivity contribution < 1.29 is 9.59 Å². The number of primary amides is 1. The van der Waals surface area contributed by atoms with E-state index < -0.39 is 0 Å². The van der Waals surface area contributed by atoms with E-state index in [1.807, 2.05) is 0 Å². The maximum absolute atomic E-state index is 11.3. The van der Waals surface area contributed by atoms with Crippen molar-refractivity contribution in [1.29, 1.82) is 0 Å². The number of amides is 2. The first kappa shape index (κ1) is 10.0. The minimum Gasteiger partial charge on any atom is -0.370 e. The number of carbonyl (C=O) groups excluding carboxylic acids is 2. The topological polar surface area (TPSA) is 63.4 Å². The van der Waals surface area contributed by atoms with Crippen LogP contribution in [0.2, 0.25) is 0 Å². The van der Waals surface area contributed by atoms with Crippen molar-refractivity contribution >= 4 is 11.8 Å². The van der Waals surface area contributed by atoms with Gasteiger partial charge in [0.25, 0.3) is 0 Å². The highest BCUT2D eigenvalue weighted by Crippen LogP contribution is 2.20. The van der Waals surface area contributed by atoms with Crippen molar-refractivity contribution in [3.8, 4) is 0 Å². The lowest BCUT2D eigenvalue weighted by molar-refractivity contribution is -0.128. The average Bonchev–Trinajstić information content (AvgIpc) is 2.43. The van der Waals surface area contributed by atoms with Crippen LogP contribution in [0.3, 0.4) is 0 Å². The molecule has 1 fully saturated rings. The lowest BCUT2D eigenvalue weighted by Gasteiger charge is -2.14. The van der Waals surface area contributed by atoms with Crippen LogP contribution >= 0.6 is 0 Å². The molecule has 0 aromatic rings. The lowest BCUT2D eigenvalue weighted by Crippen LogP contribution is -2.29. The second kappa shape index (κ2) is 4.25. The second-order valence-corrected chi connectivity index (χ2v) is 3.53. The Balaban J connectivity index is 2.35.